The monoisotopic (exact) mass is 343 g/mol. The summed E-state index contributed by atoms with van der Waals surface area (Å²) in [7, 11) is 0. The molecule has 1 heteroatoms. The summed E-state index contributed by atoms with van der Waals surface area (Å²) in [5.74, 6) is 7.36. The van der Waals surface area contributed by atoms with Crippen molar-refractivity contribution in [2.75, 3.05) is 6.54 Å². The molecule has 1 saturated heterocycles. The maximum Gasteiger partial charge on any atom is 0.0260 e. The van der Waals surface area contributed by atoms with Gasteiger partial charge in [-0.15, -0.1) is 0 Å². The highest BCUT2D eigenvalue weighted by Crippen LogP contribution is 2.54. The fraction of sp³-hybridized carbons (Fsp3) is 1.00. The fourth-order valence-corrected chi connectivity index (χ4v) is 7.90. The van der Waals surface area contributed by atoms with Gasteiger partial charge in [-0.05, 0) is 100 Å². The summed E-state index contributed by atoms with van der Waals surface area (Å²) < 4.78 is 0. The molecule has 0 aromatic heterocycles. The smallest absolute Gasteiger partial charge is 0.0260 e. The molecular weight excluding hydrogens is 302 g/mol. The van der Waals surface area contributed by atoms with Crippen molar-refractivity contribution in [1.82, 2.24) is 4.90 Å². The molecule has 0 spiro atoms. The standard InChI is InChI=1S/C24H41N/c1-16-7-8-17-5-4-6-19(17)14-22(16)23-15-25(23)24(2,3)21-12-11-18-9-10-20(18)13-21/h16-23H,4-15H2,1-3H3. The lowest BCUT2D eigenvalue weighted by molar-refractivity contribution is 0.0201. The average Bonchev–Trinajstić information content (AvgIpc) is 3.27. The first-order chi connectivity index (χ1) is 12.0. The van der Waals surface area contributed by atoms with Gasteiger partial charge in [0.15, 0.2) is 0 Å². The molecule has 0 N–H and O–H groups in total. The van der Waals surface area contributed by atoms with Crippen LogP contribution in [-0.4, -0.2) is 23.0 Å². The molecule has 1 nitrogen and oxygen atoms in total. The predicted molar refractivity (Wildman–Crippen MR) is 105 cm³/mol. The van der Waals surface area contributed by atoms with Crippen molar-refractivity contribution < 1.29 is 0 Å². The molecule has 4 saturated carbocycles. The molecule has 9 unspecified atom stereocenters. The summed E-state index contributed by atoms with van der Waals surface area (Å²) >= 11 is 0. The highest BCUT2D eigenvalue weighted by molar-refractivity contribution is 5.08. The Morgan fingerprint density at radius 1 is 0.720 bits per heavy atom. The summed E-state index contributed by atoms with van der Waals surface area (Å²) in [5, 5.41) is 0. The van der Waals surface area contributed by atoms with Gasteiger partial charge in [-0.25, -0.2) is 0 Å². The Bertz CT molecular complexity index is 496. The Morgan fingerprint density at radius 3 is 2.12 bits per heavy atom. The zero-order chi connectivity index (χ0) is 17.2. The topological polar surface area (TPSA) is 3.01 Å². The Balaban J connectivity index is 1.25. The van der Waals surface area contributed by atoms with E-state index in [9.17, 15) is 0 Å². The van der Waals surface area contributed by atoms with Gasteiger partial charge in [0, 0.05) is 18.1 Å². The van der Waals surface area contributed by atoms with E-state index in [1.165, 1.54) is 25.8 Å². The maximum absolute atomic E-state index is 2.97. The van der Waals surface area contributed by atoms with Gasteiger partial charge in [0.2, 0.25) is 0 Å². The van der Waals surface area contributed by atoms with Crippen molar-refractivity contribution in [3.63, 3.8) is 0 Å². The van der Waals surface area contributed by atoms with E-state index < -0.39 is 0 Å². The maximum atomic E-state index is 2.97. The van der Waals surface area contributed by atoms with Gasteiger partial charge in [-0.3, -0.25) is 4.90 Å². The van der Waals surface area contributed by atoms with E-state index in [4.69, 9.17) is 0 Å². The minimum Gasteiger partial charge on any atom is -0.292 e. The molecule has 0 aromatic rings. The molecule has 9 atom stereocenters. The van der Waals surface area contributed by atoms with Crippen molar-refractivity contribution >= 4 is 0 Å². The van der Waals surface area contributed by atoms with Crippen LogP contribution in [0.3, 0.4) is 0 Å². The molecule has 5 rings (SSSR count). The van der Waals surface area contributed by atoms with Crippen molar-refractivity contribution in [2.24, 2.45) is 41.4 Å². The van der Waals surface area contributed by atoms with Gasteiger partial charge < -0.3 is 0 Å². The van der Waals surface area contributed by atoms with E-state index in [0.717, 1.165) is 47.5 Å². The Hall–Kier alpha value is -0.0400. The molecule has 0 radical (unpaired) electrons. The lowest BCUT2D eigenvalue weighted by atomic mass is 9.59. The van der Waals surface area contributed by atoms with Crippen LogP contribution in [0, 0.1) is 41.4 Å². The number of nitrogens with zero attached hydrogens (tertiary/aromatic N) is 1. The minimum absolute atomic E-state index is 0.465. The first kappa shape index (κ1) is 17.1. The molecule has 1 aliphatic heterocycles. The van der Waals surface area contributed by atoms with Crippen molar-refractivity contribution in [3.8, 4) is 0 Å². The van der Waals surface area contributed by atoms with Crippen molar-refractivity contribution in [3.05, 3.63) is 0 Å². The molecule has 4 aliphatic carbocycles. The van der Waals surface area contributed by atoms with Crippen molar-refractivity contribution in [2.45, 2.75) is 103 Å². The predicted octanol–water partition coefficient (Wildman–Crippen LogP) is 6.13. The van der Waals surface area contributed by atoms with E-state index in [-0.39, 0.29) is 0 Å². The zero-order valence-electron chi connectivity index (χ0n) is 17.1. The van der Waals surface area contributed by atoms with Gasteiger partial charge in [-0.2, -0.15) is 0 Å². The van der Waals surface area contributed by atoms with Crippen LogP contribution >= 0.6 is 0 Å². The zero-order valence-corrected chi connectivity index (χ0v) is 17.1. The number of hydrogen-bond donors (Lipinski definition) is 0. The van der Waals surface area contributed by atoms with E-state index in [0.29, 0.717) is 5.54 Å². The van der Waals surface area contributed by atoms with Gasteiger partial charge in [0.05, 0.1) is 0 Å². The highest BCUT2D eigenvalue weighted by Gasteiger charge is 2.54. The molecule has 0 aromatic carbocycles. The molecule has 0 bridgehead atoms. The van der Waals surface area contributed by atoms with E-state index >= 15 is 0 Å². The summed E-state index contributed by atoms with van der Waals surface area (Å²) in [6, 6.07) is 0.934. The molecular formula is C24H41N. The minimum atomic E-state index is 0.465. The third-order valence-electron chi connectivity index (χ3n) is 10.0. The van der Waals surface area contributed by atoms with Crippen LogP contribution in [0.5, 0.6) is 0 Å². The lowest BCUT2D eigenvalue weighted by Crippen LogP contribution is -2.46. The Kier molecular flexibility index (Phi) is 4.27. The molecule has 1 heterocycles. The lowest BCUT2D eigenvalue weighted by Gasteiger charge is -2.49. The van der Waals surface area contributed by atoms with Crippen LogP contribution < -0.4 is 0 Å². The molecule has 25 heavy (non-hydrogen) atoms. The summed E-state index contributed by atoms with van der Waals surface area (Å²) in [6.45, 7) is 9.23. The first-order valence-electron chi connectivity index (χ1n) is 11.8. The molecule has 142 valence electrons. The molecule has 0 amide bonds. The third-order valence-corrected chi connectivity index (χ3v) is 10.0. The first-order valence-corrected chi connectivity index (χ1v) is 11.8. The largest absolute Gasteiger partial charge is 0.292 e. The number of hydrogen-bond acceptors (Lipinski definition) is 1. The van der Waals surface area contributed by atoms with Crippen LogP contribution in [0.2, 0.25) is 0 Å². The summed E-state index contributed by atoms with van der Waals surface area (Å²) in [5.41, 5.74) is 0.465. The van der Waals surface area contributed by atoms with E-state index in [1.807, 2.05) is 0 Å². The normalized spacial score (nSPS) is 52.7. The average molecular weight is 344 g/mol. The second kappa shape index (κ2) is 6.25. The second-order valence-corrected chi connectivity index (χ2v) is 11.4. The summed E-state index contributed by atoms with van der Waals surface area (Å²) in [4.78, 5) is 2.97. The van der Waals surface area contributed by atoms with Crippen LogP contribution in [0.4, 0.5) is 0 Å². The number of rotatable bonds is 3. The second-order valence-electron chi connectivity index (χ2n) is 11.4. The third kappa shape index (κ3) is 2.91. The molecule has 5 fully saturated rings. The summed E-state index contributed by atoms with van der Waals surface area (Å²) in [6.07, 6.45) is 17.0. The Morgan fingerprint density at radius 2 is 1.36 bits per heavy atom. The SMILES string of the molecule is CC1CCC2CCCC2CC1C1CN1C(C)(C)C1CCC2CCC2C1. The van der Waals surface area contributed by atoms with Gasteiger partial charge in [0.25, 0.3) is 0 Å². The number of fused-ring (bicyclic) bond motifs is 2. The molecule has 5 aliphatic rings. The van der Waals surface area contributed by atoms with Crippen molar-refractivity contribution in [1.29, 1.82) is 0 Å². The van der Waals surface area contributed by atoms with Crippen LogP contribution in [0.15, 0.2) is 0 Å². The quantitative estimate of drug-likeness (QED) is 0.557. The van der Waals surface area contributed by atoms with Crippen LogP contribution in [0.25, 0.3) is 0 Å². The fourth-order valence-electron chi connectivity index (χ4n) is 7.90. The van der Waals surface area contributed by atoms with E-state index in [1.54, 1.807) is 51.4 Å². The van der Waals surface area contributed by atoms with Gasteiger partial charge in [-0.1, -0.05) is 32.6 Å². The Labute approximate surface area is 156 Å². The van der Waals surface area contributed by atoms with Gasteiger partial charge in [0.1, 0.15) is 0 Å². The van der Waals surface area contributed by atoms with Gasteiger partial charge >= 0.3 is 0 Å². The highest BCUT2D eigenvalue weighted by atomic mass is 15.4. The van der Waals surface area contributed by atoms with Crippen LogP contribution in [-0.2, 0) is 0 Å². The van der Waals surface area contributed by atoms with Crippen LogP contribution in [0.1, 0.15) is 91.4 Å². The van der Waals surface area contributed by atoms with E-state index in [2.05, 4.69) is 25.7 Å².